The SMILES string of the molecule is CCCCCCCCCCCCCC=CC(O)C(COC(c1ccccc1)(c1ccccc1)c1ccccc1)NC(=O)CCCCCCCCCCCCCCC. The molecule has 0 saturated carbocycles. The number of carbonyl (C=O) groups excluding carboxylic acids is 1. The summed E-state index contributed by atoms with van der Waals surface area (Å²) in [6.45, 7) is 4.70. The Morgan fingerprint density at radius 3 is 1.28 bits per heavy atom. The number of amides is 1. The van der Waals surface area contributed by atoms with Crippen LogP contribution < -0.4 is 5.32 Å². The monoisotopic (exact) mass is 780 g/mol. The summed E-state index contributed by atoms with van der Waals surface area (Å²) in [6.07, 6.45) is 35.5. The van der Waals surface area contributed by atoms with Gasteiger partial charge in [0.2, 0.25) is 5.91 Å². The van der Waals surface area contributed by atoms with Crippen LogP contribution in [0.1, 0.15) is 197 Å². The molecule has 0 aliphatic rings. The molecule has 3 aromatic rings. The molecule has 0 aromatic heterocycles. The first-order valence-electron chi connectivity index (χ1n) is 23.6. The largest absolute Gasteiger partial charge is 0.387 e. The fourth-order valence-electron chi connectivity index (χ4n) is 8.09. The first-order valence-corrected chi connectivity index (χ1v) is 23.6. The third-order valence-corrected chi connectivity index (χ3v) is 11.6. The molecule has 0 spiro atoms. The number of carbonyl (C=O) groups is 1. The van der Waals surface area contributed by atoms with E-state index < -0.39 is 17.7 Å². The van der Waals surface area contributed by atoms with Gasteiger partial charge in [0.1, 0.15) is 5.60 Å². The Hall–Kier alpha value is -3.21. The molecule has 0 radical (unpaired) electrons. The van der Waals surface area contributed by atoms with E-state index in [-0.39, 0.29) is 12.5 Å². The summed E-state index contributed by atoms with van der Waals surface area (Å²) < 4.78 is 7.10. The highest BCUT2D eigenvalue weighted by Gasteiger charge is 2.38. The van der Waals surface area contributed by atoms with E-state index in [4.69, 9.17) is 4.74 Å². The van der Waals surface area contributed by atoms with Crippen LogP contribution in [-0.2, 0) is 15.1 Å². The lowest BCUT2D eigenvalue weighted by Crippen LogP contribution is -2.48. The summed E-state index contributed by atoms with van der Waals surface area (Å²) >= 11 is 0. The molecule has 2 atom stereocenters. The van der Waals surface area contributed by atoms with Gasteiger partial charge in [-0.05, 0) is 36.0 Å². The molecule has 57 heavy (non-hydrogen) atoms. The van der Waals surface area contributed by atoms with Crippen molar-refractivity contribution in [2.75, 3.05) is 6.61 Å². The van der Waals surface area contributed by atoms with Crippen molar-refractivity contribution in [2.45, 2.75) is 199 Å². The van der Waals surface area contributed by atoms with Crippen molar-refractivity contribution in [3.8, 4) is 0 Å². The third kappa shape index (κ3) is 19.9. The van der Waals surface area contributed by atoms with E-state index in [9.17, 15) is 9.90 Å². The molecule has 2 unspecified atom stereocenters. The Kier molecular flexibility index (Phi) is 26.8. The average Bonchev–Trinajstić information content (AvgIpc) is 3.25. The molecule has 4 nitrogen and oxygen atoms in total. The summed E-state index contributed by atoms with van der Waals surface area (Å²) in [5.74, 6) is -0.0192. The van der Waals surface area contributed by atoms with E-state index in [1.807, 2.05) is 60.7 Å². The van der Waals surface area contributed by atoms with Crippen LogP contribution in [-0.4, -0.2) is 29.8 Å². The van der Waals surface area contributed by atoms with Gasteiger partial charge in [0.05, 0.1) is 18.8 Å². The molecule has 1 amide bonds. The lowest BCUT2D eigenvalue weighted by molar-refractivity contribution is -0.123. The number of nitrogens with one attached hydrogen (secondary N) is 1. The van der Waals surface area contributed by atoms with E-state index in [0.29, 0.717) is 6.42 Å². The Bertz CT molecular complexity index is 1290. The molecule has 0 aliphatic heterocycles. The number of allylic oxidation sites excluding steroid dienone is 1. The minimum absolute atomic E-state index is 0.0192. The molecule has 0 fully saturated rings. The van der Waals surface area contributed by atoms with Gasteiger partial charge in [-0.25, -0.2) is 0 Å². The van der Waals surface area contributed by atoms with Crippen LogP contribution in [0, 0.1) is 0 Å². The predicted molar refractivity (Wildman–Crippen MR) is 244 cm³/mol. The summed E-state index contributed by atoms with van der Waals surface area (Å²) in [6, 6.07) is 30.3. The molecule has 0 aliphatic carbocycles. The molecule has 0 heterocycles. The Morgan fingerprint density at radius 2 is 0.895 bits per heavy atom. The maximum Gasteiger partial charge on any atom is 0.220 e. The summed E-state index contributed by atoms with van der Waals surface area (Å²) in [4.78, 5) is 13.5. The first kappa shape index (κ1) is 48.2. The van der Waals surface area contributed by atoms with Gasteiger partial charge in [-0.3, -0.25) is 4.79 Å². The zero-order chi connectivity index (χ0) is 40.5. The zero-order valence-electron chi connectivity index (χ0n) is 36.3. The number of hydrogen-bond acceptors (Lipinski definition) is 3. The second-order valence-corrected chi connectivity index (χ2v) is 16.5. The molecular weight excluding hydrogens is 699 g/mol. The lowest BCUT2D eigenvalue weighted by Gasteiger charge is -2.37. The van der Waals surface area contributed by atoms with Crippen molar-refractivity contribution in [1.29, 1.82) is 0 Å². The van der Waals surface area contributed by atoms with Crippen LogP contribution in [0.4, 0.5) is 0 Å². The number of unbranched alkanes of at least 4 members (excludes halogenated alkanes) is 23. The van der Waals surface area contributed by atoms with E-state index >= 15 is 0 Å². The highest BCUT2D eigenvalue weighted by Crippen LogP contribution is 2.40. The molecule has 0 bridgehead atoms. The number of aliphatic hydroxyl groups excluding tert-OH is 1. The van der Waals surface area contributed by atoms with Crippen LogP contribution in [0.15, 0.2) is 103 Å². The van der Waals surface area contributed by atoms with E-state index in [1.165, 1.54) is 135 Å². The molecular formula is C53H81NO3. The Morgan fingerprint density at radius 1 is 0.544 bits per heavy atom. The van der Waals surface area contributed by atoms with Gasteiger partial charge in [-0.2, -0.15) is 0 Å². The van der Waals surface area contributed by atoms with Crippen molar-refractivity contribution < 1.29 is 14.6 Å². The predicted octanol–water partition coefficient (Wildman–Crippen LogP) is 14.6. The van der Waals surface area contributed by atoms with Crippen molar-refractivity contribution >= 4 is 5.91 Å². The van der Waals surface area contributed by atoms with Crippen molar-refractivity contribution in [2.24, 2.45) is 0 Å². The van der Waals surface area contributed by atoms with Gasteiger partial charge < -0.3 is 15.2 Å². The second-order valence-electron chi connectivity index (χ2n) is 16.5. The fraction of sp³-hybridized carbons (Fsp3) is 0.604. The number of aliphatic hydroxyl groups is 1. The summed E-state index contributed by atoms with van der Waals surface area (Å²) in [5, 5.41) is 14.9. The maximum absolute atomic E-state index is 13.5. The normalized spacial score (nSPS) is 12.9. The van der Waals surface area contributed by atoms with E-state index in [1.54, 1.807) is 0 Å². The van der Waals surface area contributed by atoms with Crippen LogP contribution in [0.25, 0.3) is 0 Å². The first-order chi connectivity index (χ1) is 28.1. The summed E-state index contributed by atoms with van der Waals surface area (Å²) in [7, 11) is 0. The lowest BCUT2D eigenvalue weighted by atomic mass is 9.80. The average molecular weight is 780 g/mol. The minimum Gasteiger partial charge on any atom is -0.387 e. The van der Waals surface area contributed by atoms with Crippen LogP contribution in [0.5, 0.6) is 0 Å². The van der Waals surface area contributed by atoms with Crippen molar-refractivity contribution in [1.82, 2.24) is 5.32 Å². The third-order valence-electron chi connectivity index (χ3n) is 11.6. The van der Waals surface area contributed by atoms with Crippen LogP contribution >= 0.6 is 0 Å². The standard InChI is InChI=1S/C53H81NO3/c1-3-5-7-9-11-13-15-17-19-21-23-25-36-44-51(55)50(54-52(56)45-37-26-24-22-20-18-16-14-12-10-8-6-4-2)46-57-53(47-38-30-27-31-39-47,48-40-32-28-33-41-48)49-42-34-29-35-43-49/h27-36,38-44,50-51,55H,3-26,37,45-46H2,1-2H3,(H,54,56). The van der Waals surface area contributed by atoms with Crippen molar-refractivity contribution in [3.05, 3.63) is 120 Å². The maximum atomic E-state index is 13.5. The molecule has 0 saturated heterocycles. The smallest absolute Gasteiger partial charge is 0.220 e. The summed E-state index contributed by atoms with van der Waals surface area (Å²) in [5.41, 5.74) is 2.07. The second kappa shape index (κ2) is 31.7. The molecule has 316 valence electrons. The number of benzene rings is 3. The molecule has 2 N–H and O–H groups in total. The number of hydrogen-bond donors (Lipinski definition) is 2. The number of ether oxygens (including phenoxy) is 1. The van der Waals surface area contributed by atoms with Crippen LogP contribution in [0.2, 0.25) is 0 Å². The van der Waals surface area contributed by atoms with Gasteiger partial charge >= 0.3 is 0 Å². The Balaban J connectivity index is 1.59. The number of rotatable bonds is 35. The highest BCUT2D eigenvalue weighted by atomic mass is 16.5. The van der Waals surface area contributed by atoms with Gasteiger partial charge in [0.15, 0.2) is 0 Å². The van der Waals surface area contributed by atoms with Gasteiger partial charge in [0.25, 0.3) is 0 Å². The topological polar surface area (TPSA) is 58.6 Å². The Labute approximate surface area is 349 Å². The quantitative estimate of drug-likeness (QED) is 0.0355. The van der Waals surface area contributed by atoms with Crippen LogP contribution in [0.3, 0.4) is 0 Å². The van der Waals surface area contributed by atoms with Crippen molar-refractivity contribution in [3.63, 3.8) is 0 Å². The van der Waals surface area contributed by atoms with Gasteiger partial charge in [-0.1, -0.05) is 258 Å². The molecule has 4 heteroatoms. The fourth-order valence-corrected chi connectivity index (χ4v) is 8.09. The van der Waals surface area contributed by atoms with Gasteiger partial charge in [0, 0.05) is 6.42 Å². The molecule has 3 rings (SSSR count). The van der Waals surface area contributed by atoms with E-state index in [0.717, 1.165) is 42.4 Å². The van der Waals surface area contributed by atoms with E-state index in [2.05, 4.69) is 61.6 Å². The minimum atomic E-state index is -0.930. The zero-order valence-corrected chi connectivity index (χ0v) is 36.3. The van der Waals surface area contributed by atoms with Gasteiger partial charge in [-0.15, -0.1) is 0 Å². The molecule has 3 aromatic carbocycles. The highest BCUT2D eigenvalue weighted by molar-refractivity contribution is 5.76.